The standard InChI is InChI=1S/C17H29NO/c1-5-12-18-13-8-9-15(4)19-17-11-7-6-10-16(17)14(2)3/h6-7,10-11,14-15,18H,5,8-9,12-13H2,1-4H3. The molecule has 0 spiro atoms. The molecule has 0 aliphatic heterocycles. The highest BCUT2D eigenvalue weighted by Gasteiger charge is 2.10. The van der Waals surface area contributed by atoms with Gasteiger partial charge in [0.1, 0.15) is 5.75 Å². The zero-order valence-corrected chi connectivity index (χ0v) is 12.9. The molecule has 1 atom stereocenters. The summed E-state index contributed by atoms with van der Waals surface area (Å²) in [5.41, 5.74) is 1.30. The molecule has 0 heterocycles. The summed E-state index contributed by atoms with van der Waals surface area (Å²) in [6, 6.07) is 8.38. The third kappa shape index (κ3) is 6.11. The predicted octanol–water partition coefficient (Wildman–Crippen LogP) is 4.36. The molecule has 1 unspecified atom stereocenters. The Balaban J connectivity index is 2.37. The van der Waals surface area contributed by atoms with Gasteiger partial charge in [-0.25, -0.2) is 0 Å². The van der Waals surface area contributed by atoms with E-state index in [1.807, 2.05) is 0 Å². The molecule has 0 fully saturated rings. The second kappa shape index (κ2) is 8.98. The largest absolute Gasteiger partial charge is 0.490 e. The Morgan fingerprint density at radius 3 is 2.53 bits per heavy atom. The van der Waals surface area contributed by atoms with Gasteiger partial charge in [0.05, 0.1) is 6.10 Å². The van der Waals surface area contributed by atoms with Gasteiger partial charge < -0.3 is 10.1 Å². The lowest BCUT2D eigenvalue weighted by Gasteiger charge is -2.19. The SMILES string of the molecule is CCCNCCCC(C)Oc1ccccc1C(C)C. The smallest absolute Gasteiger partial charge is 0.123 e. The van der Waals surface area contributed by atoms with Crippen LogP contribution in [0.3, 0.4) is 0 Å². The molecule has 1 aromatic carbocycles. The van der Waals surface area contributed by atoms with Gasteiger partial charge in [-0.1, -0.05) is 39.0 Å². The molecule has 2 nitrogen and oxygen atoms in total. The van der Waals surface area contributed by atoms with Gasteiger partial charge in [0.25, 0.3) is 0 Å². The molecule has 1 aromatic rings. The van der Waals surface area contributed by atoms with Gasteiger partial charge in [0.2, 0.25) is 0 Å². The van der Waals surface area contributed by atoms with Crippen LogP contribution in [0.2, 0.25) is 0 Å². The Hall–Kier alpha value is -1.02. The molecule has 0 aliphatic carbocycles. The van der Waals surface area contributed by atoms with Crippen molar-refractivity contribution in [2.45, 2.75) is 59.0 Å². The minimum atomic E-state index is 0.281. The fourth-order valence-electron chi connectivity index (χ4n) is 2.16. The Morgan fingerprint density at radius 1 is 1.11 bits per heavy atom. The normalized spacial score (nSPS) is 12.7. The molecule has 0 radical (unpaired) electrons. The van der Waals surface area contributed by atoms with E-state index >= 15 is 0 Å². The predicted molar refractivity (Wildman–Crippen MR) is 83.0 cm³/mol. The average Bonchev–Trinajstić information content (AvgIpc) is 2.39. The van der Waals surface area contributed by atoms with E-state index in [4.69, 9.17) is 4.74 Å². The minimum absolute atomic E-state index is 0.281. The average molecular weight is 263 g/mol. The van der Waals surface area contributed by atoms with E-state index in [0.29, 0.717) is 5.92 Å². The Bertz CT molecular complexity index is 349. The first-order valence-corrected chi connectivity index (χ1v) is 7.61. The molecule has 0 amide bonds. The van der Waals surface area contributed by atoms with Crippen LogP contribution < -0.4 is 10.1 Å². The Labute approximate surface area is 118 Å². The van der Waals surface area contributed by atoms with Crippen LogP contribution in [0.25, 0.3) is 0 Å². The minimum Gasteiger partial charge on any atom is -0.490 e. The van der Waals surface area contributed by atoms with E-state index in [1.165, 1.54) is 18.4 Å². The number of nitrogens with one attached hydrogen (secondary N) is 1. The summed E-state index contributed by atoms with van der Waals surface area (Å²) < 4.78 is 6.09. The molecular formula is C17H29NO. The van der Waals surface area contributed by atoms with Crippen LogP contribution in [0.4, 0.5) is 0 Å². The maximum absolute atomic E-state index is 6.09. The van der Waals surface area contributed by atoms with Gasteiger partial charge in [-0.15, -0.1) is 0 Å². The highest BCUT2D eigenvalue weighted by molar-refractivity contribution is 5.35. The van der Waals surface area contributed by atoms with Crippen LogP contribution in [0.15, 0.2) is 24.3 Å². The summed E-state index contributed by atoms with van der Waals surface area (Å²) in [6.45, 7) is 11.0. The third-order valence-corrected chi connectivity index (χ3v) is 3.26. The van der Waals surface area contributed by atoms with Crippen molar-refractivity contribution in [2.24, 2.45) is 0 Å². The van der Waals surface area contributed by atoms with Crippen molar-refractivity contribution in [3.8, 4) is 5.75 Å². The fraction of sp³-hybridized carbons (Fsp3) is 0.647. The summed E-state index contributed by atoms with van der Waals surface area (Å²) in [5, 5.41) is 3.43. The van der Waals surface area contributed by atoms with Gasteiger partial charge in [0, 0.05) is 0 Å². The lowest BCUT2D eigenvalue weighted by molar-refractivity contribution is 0.205. The van der Waals surface area contributed by atoms with E-state index in [0.717, 1.165) is 25.3 Å². The zero-order valence-electron chi connectivity index (χ0n) is 12.9. The fourth-order valence-corrected chi connectivity index (χ4v) is 2.16. The molecule has 1 rings (SSSR count). The van der Waals surface area contributed by atoms with Gasteiger partial charge in [-0.2, -0.15) is 0 Å². The van der Waals surface area contributed by atoms with Crippen molar-refractivity contribution in [1.29, 1.82) is 0 Å². The topological polar surface area (TPSA) is 21.3 Å². The summed E-state index contributed by atoms with van der Waals surface area (Å²) in [4.78, 5) is 0. The van der Waals surface area contributed by atoms with Crippen LogP contribution in [0.5, 0.6) is 5.75 Å². The molecule has 2 heteroatoms. The van der Waals surface area contributed by atoms with E-state index in [2.05, 4.69) is 57.3 Å². The van der Waals surface area contributed by atoms with Gasteiger partial charge in [-0.05, 0) is 56.8 Å². The number of hydrogen-bond donors (Lipinski definition) is 1. The summed E-state index contributed by atoms with van der Waals surface area (Å²) in [6.07, 6.45) is 3.76. The van der Waals surface area contributed by atoms with E-state index in [-0.39, 0.29) is 6.10 Å². The maximum atomic E-state index is 6.09. The molecule has 0 aromatic heterocycles. The van der Waals surface area contributed by atoms with Crippen LogP contribution in [0, 0.1) is 0 Å². The number of para-hydroxylation sites is 1. The van der Waals surface area contributed by atoms with Gasteiger partial charge in [-0.3, -0.25) is 0 Å². The lowest BCUT2D eigenvalue weighted by atomic mass is 10.0. The third-order valence-electron chi connectivity index (χ3n) is 3.26. The molecule has 1 N–H and O–H groups in total. The van der Waals surface area contributed by atoms with Crippen molar-refractivity contribution in [1.82, 2.24) is 5.32 Å². The first kappa shape index (κ1) is 16.0. The second-order valence-electron chi connectivity index (χ2n) is 5.51. The van der Waals surface area contributed by atoms with E-state index in [9.17, 15) is 0 Å². The summed E-state index contributed by atoms with van der Waals surface area (Å²) in [7, 11) is 0. The quantitative estimate of drug-likeness (QED) is 0.668. The first-order valence-electron chi connectivity index (χ1n) is 7.61. The highest BCUT2D eigenvalue weighted by atomic mass is 16.5. The van der Waals surface area contributed by atoms with Crippen LogP contribution in [-0.4, -0.2) is 19.2 Å². The van der Waals surface area contributed by atoms with Crippen molar-refractivity contribution in [2.75, 3.05) is 13.1 Å². The molecule has 0 saturated heterocycles. The van der Waals surface area contributed by atoms with Crippen molar-refractivity contribution in [3.05, 3.63) is 29.8 Å². The molecule has 0 bridgehead atoms. The van der Waals surface area contributed by atoms with Crippen LogP contribution in [-0.2, 0) is 0 Å². The second-order valence-corrected chi connectivity index (χ2v) is 5.51. The summed E-state index contributed by atoms with van der Waals surface area (Å²) >= 11 is 0. The van der Waals surface area contributed by atoms with Gasteiger partial charge >= 0.3 is 0 Å². The molecule has 19 heavy (non-hydrogen) atoms. The zero-order chi connectivity index (χ0) is 14.1. The number of ether oxygens (including phenoxy) is 1. The Morgan fingerprint density at radius 2 is 1.84 bits per heavy atom. The number of hydrogen-bond acceptors (Lipinski definition) is 2. The molecule has 108 valence electrons. The van der Waals surface area contributed by atoms with E-state index in [1.54, 1.807) is 0 Å². The van der Waals surface area contributed by atoms with Crippen LogP contribution in [0.1, 0.15) is 58.4 Å². The first-order chi connectivity index (χ1) is 9.15. The molecular weight excluding hydrogens is 234 g/mol. The van der Waals surface area contributed by atoms with Crippen LogP contribution >= 0.6 is 0 Å². The maximum Gasteiger partial charge on any atom is 0.123 e. The summed E-state index contributed by atoms with van der Waals surface area (Å²) in [5.74, 6) is 1.56. The number of benzene rings is 1. The van der Waals surface area contributed by atoms with E-state index < -0.39 is 0 Å². The van der Waals surface area contributed by atoms with Crippen molar-refractivity contribution >= 4 is 0 Å². The highest BCUT2D eigenvalue weighted by Crippen LogP contribution is 2.27. The number of rotatable bonds is 9. The van der Waals surface area contributed by atoms with Crippen molar-refractivity contribution in [3.63, 3.8) is 0 Å². The lowest BCUT2D eigenvalue weighted by Crippen LogP contribution is -2.19. The molecule has 0 aliphatic rings. The monoisotopic (exact) mass is 263 g/mol. The molecule has 0 saturated carbocycles. The van der Waals surface area contributed by atoms with Crippen molar-refractivity contribution < 1.29 is 4.74 Å². The Kier molecular flexibility index (Phi) is 7.57. The van der Waals surface area contributed by atoms with Gasteiger partial charge in [0.15, 0.2) is 0 Å².